The van der Waals surface area contributed by atoms with E-state index in [-0.39, 0.29) is 17.5 Å². The fourth-order valence-electron chi connectivity index (χ4n) is 1.18. The van der Waals surface area contributed by atoms with Gasteiger partial charge in [-0.3, -0.25) is 0 Å². The second-order valence-electron chi connectivity index (χ2n) is 3.25. The first-order chi connectivity index (χ1) is 7.52. The van der Waals surface area contributed by atoms with Crippen molar-refractivity contribution in [2.75, 3.05) is 5.32 Å². The number of aromatic hydroxyl groups is 1. The minimum absolute atomic E-state index is 0.0527. The molecule has 2 amide bonds. The Hall–Kier alpha value is -2.01. The standard InChI is InChI=1S/C11H14N3O2/c1-2-8(12)5-7-3-4-10(15)9(6-7)14-11(13)16/h2-6,8,15H,1,12H2,(H3,13,14,16). The third-order valence-electron chi connectivity index (χ3n) is 1.94. The molecular formula is C11H14N3O2. The average molecular weight is 220 g/mol. The minimum Gasteiger partial charge on any atom is -0.506 e. The predicted molar refractivity (Wildman–Crippen MR) is 62.9 cm³/mol. The first-order valence-electron chi connectivity index (χ1n) is 4.65. The number of carbonyl (C=O) groups excluding carboxylic acids is 1. The number of carbonyl (C=O) groups is 1. The van der Waals surface area contributed by atoms with E-state index in [0.717, 1.165) is 5.56 Å². The number of phenols is 1. The number of nitrogens with one attached hydrogen (secondary N) is 1. The molecule has 1 rings (SSSR count). The molecule has 0 saturated carbocycles. The number of hydrogen-bond acceptors (Lipinski definition) is 3. The van der Waals surface area contributed by atoms with Crippen LogP contribution in [0.1, 0.15) is 5.56 Å². The topological polar surface area (TPSA) is 101 Å². The molecule has 85 valence electrons. The lowest BCUT2D eigenvalue weighted by molar-refractivity contribution is 0.259. The van der Waals surface area contributed by atoms with E-state index in [1.807, 2.05) is 0 Å². The van der Waals surface area contributed by atoms with Crippen LogP contribution in [0.4, 0.5) is 10.5 Å². The second kappa shape index (κ2) is 5.18. The lowest BCUT2D eigenvalue weighted by Crippen LogP contribution is -2.20. The normalized spacial score (nSPS) is 11.8. The third kappa shape index (κ3) is 3.29. The number of benzene rings is 1. The van der Waals surface area contributed by atoms with E-state index in [9.17, 15) is 9.90 Å². The average Bonchev–Trinajstić information content (AvgIpc) is 2.22. The Morgan fingerprint density at radius 2 is 2.25 bits per heavy atom. The summed E-state index contributed by atoms with van der Waals surface area (Å²) in [5.41, 5.74) is 11.6. The number of phenolic OH excluding ortho intramolecular Hbond substituents is 1. The van der Waals surface area contributed by atoms with Crippen LogP contribution in [0.3, 0.4) is 0 Å². The van der Waals surface area contributed by atoms with Crippen LogP contribution in [0.15, 0.2) is 30.9 Å². The summed E-state index contributed by atoms with van der Waals surface area (Å²) in [5.74, 6) is -0.0527. The number of amides is 2. The first kappa shape index (κ1) is 12.1. The van der Waals surface area contributed by atoms with Gasteiger partial charge in [-0.15, -0.1) is 6.58 Å². The van der Waals surface area contributed by atoms with E-state index in [4.69, 9.17) is 11.5 Å². The van der Waals surface area contributed by atoms with E-state index in [1.165, 1.54) is 6.07 Å². The predicted octanol–water partition coefficient (Wildman–Crippen LogP) is 0.948. The van der Waals surface area contributed by atoms with Crippen molar-refractivity contribution in [3.63, 3.8) is 0 Å². The van der Waals surface area contributed by atoms with E-state index >= 15 is 0 Å². The van der Waals surface area contributed by atoms with E-state index in [1.54, 1.807) is 24.6 Å². The van der Waals surface area contributed by atoms with Gasteiger partial charge in [0.25, 0.3) is 0 Å². The molecule has 5 nitrogen and oxygen atoms in total. The van der Waals surface area contributed by atoms with Crippen molar-refractivity contribution in [3.05, 3.63) is 42.8 Å². The van der Waals surface area contributed by atoms with E-state index < -0.39 is 6.03 Å². The minimum atomic E-state index is -0.736. The van der Waals surface area contributed by atoms with Gasteiger partial charge in [-0.2, -0.15) is 0 Å². The lowest BCUT2D eigenvalue weighted by Gasteiger charge is -2.09. The molecule has 0 spiro atoms. The number of urea groups is 1. The number of rotatable bonds is 4. The molecule has 1 unspecified atom stereocenters. The third-order valence-corrected chi connectivity index (χ3v) is 1.94. The van der Waals surface area contributed by atoms with Crippen molar-refractivity contribution in [3.8, 4) is 5.75 Å². The molecule has 1 aromatic carbocycles. The molecule has 1 radical (unpaired) electrons. The summed E-state index contributed by atoms with van der Waals surface area (Å²) >= 11 is 0. The fraction of sp³-hybridized carbons (Fsp3) is 0.0909. The van der Waals surface area contributed by atoms with Gasteiger partial charge in [0.15, 0.2) is 0 Å². The molecule has 5 heteroatoms. The Labute approximate surface area is 93.8 Å². The van der Waals surface area contributed by atoms with Gasteiger partial charge in [0.05, 0.1) is 5.69 Å². The zero-order valence-electron chi connectivity index (χ0n) is 8.68. The summed E-state index contributed by atoms with van der Waals surface area (Å²) in [5, 5.41) is 11.7. The van der Waals surface area contributed by atoms with Gasteiger partial charge in [-0.25, -0.2) is 4.79 Å². The highest BCUT2D eigenvalue weighted by molar-refractivity contribution is 5.89. The maximum absolute atomic E-state index is 10.7. The molecule has 0 bridgehead atoms. The van der Waals surface area contributed by atoms with Gasteiger partial charge >= 0.3 is 6.03 Å². The van der Waals surface area contributed by atoms with Crippen LogP contribution in [-0.4, -0.2) is 17.2 Å². The van der Waals surface area contributed by atoms with Crippen molar-refractivity contribution in [1.82, 2.24) is 0 Å². The highest BCUT2D eigenvalue weighted by Gasteiger charge is 2.06. The molecule has 1 aromatic rings. The van der Waals surface area contributed by atoms with Crippen LogP contribution in [0.25, 0.3) is 0 Å². The largest absolute Gasteiger partial charge is 0.506 e. The van der Waals surface area contributed by atoms with Crippen LogP contribution in [0, 0.1) is 6.42 Å². The molecule has 1 atom stereocenters. The maximum Gasteiger partial charge on any atom is 0.316 e. The van der Waals surface area contributed by atoms with E-state index in [2.05, 4.69) is 11.9 Å². The zero-order valence-corrected chi connectivity index (χ0v) is 8.68. The molecule has 0 aliphatic carbocycles. The van der Waals surface area contributed by atoms with Crippen LogP contribution < -0.4 is 16.8 Å². The SMILES string of the molecule is C=CC(N)[CH]c1ccc(O)c(NC(N)=O)c1. The van der Waals surface area contributed by atoms with Crippen molar-refractivity contribution >= 4 is 11.7 Å². The van der Waals surface area contributed by atoms with Crippen molar-refractivity contribution in [1.29, 1.82) is 0 Å². The van der Waals surface area contributed by atoms with Gasteiger partial charge < -0.3 is 21.9 Å². The summed E-state index contributed by atoms with van der Waals surface area (Å²) in [6.07, 6.45) is 3.31. The Bertz CT molecular complexity index is 404. The summed E-state index contributed by atoms with van der Waals surface area (Å²) in [4.78, 5) is 10.7. The van der Waals surface area contributed by atoms with Gasteiger partial charge in [0.1, 0.15) is 5.75 Å². The molecule has 0 aliphatic heterocycles. The molecular weight excluding hydrogens is 206 g/mol. The fourth-order valence-corrected chi connectivity index (χ4v) is 1.18. The Kier molecular flexibility index (Phi) is 3.90. The Balaban J connectivity index is 2.88. The Morgan fingerprint density at radius 3 is 2.81 bits per heavy atom. The van der Waals surface area contributed by atoms with Crippen molar-refractivity contribution in [2.24, 2.45) is 11.5 Å². The second-order valence-corrected chi connectivity index (χ2v) is 3.25. The first-order valence-corrected chi connectivity index (χ1v) is 4.65. The van der Waals surface area contributed by atoms with Gasteiger partial charge in [-0.1, -0.05) is 12.1 Å². The molecule has 0 aliphatic rings. The van der Waals surface area contributed by atoms with Crippen LogP contribution in [0.2, 0.25) is 0 Å². The summed E-state index contributed by atoms with van der Waals surface area (Å²) in [6, 6.07) is 3.67. The Morgan fingerprint density at radius 1 is 1.56 bits per heavy atom. The smallest absolute Gasteiger partial charge is 0.316 e. The number of anilines is 1. The molecule has 16 heavy (non-hydrogen) atoms. The monoisotopic (exact) mass is 220 g/mol. The van der Waals surface area contributed by atoms with Gasteiger partial charge in [0, 0.05) is 12.5 Å². The van der Waals surface area contributed by atoms with Crippen LogP contribution >= 0.6 is 0 Å². The lowest BCUT2D eigenvalue weighted by atomic mass is 10.1. The summed E-state index contributed by atoms with van der Waals surface area (Å²) in [6.45, 7) is 3.55. The number of hydrogen-bond donors (Lipinski definition) is 4. The maximum atomic E-state index is 10.7. The van der Waals surface area contributed by atoms with Crippen molar-refractivity contribution < 1.29 is 9.90 Å². The van der Waals surface area contributed by atoms with Crippen LogP contribution in [-0.2, 0) is 0 Å². The molecule has 6 N–H and O–H groups in total. The molecule has 0 fully saturated rings. The molecule has 0 heterocycles. The highest BCUT2D eigenvalue weighted by atomic mass is 16.3. The van der Waals surface area contributed by atoms with E-state index in [0.29, 0.717) is 0 Å². The van der Waals surface area contributed by atoms with Gasteiger partial charge in [-0.05, 0) is 17.7 Å². The zero-order chi connectivity index (χ0) is 12.1. The van der Waals surface area contributed by atoms with Gasteiger partial charge in [0.2, 0.25) is 0 Å². The highest BCUT2D eigenvalue weighted by Crippen LogP contribution is 2.24. The number of nitrogens with two attached hydrogens (primary N) is 2. The molecule has 0 saturated heterocycles. The van der Waals surface area contributed by atoms with Crippen molar-refractivity contribution in [2.45, 2.75) is 6.04 Å². The molecule has 0 aromatic heterocycles. The number of primary amides is 1. The summed E-state index contributed by atoms with van der Waals surface area (Å²) < 4.78 is 0. The van der Waals surface area contributed by atoms with Crippen LogP contribution in [0.5, 0.6) is 5.75 Å². The quantitative estimate of drug-likeness (QED) is 0.448. The summed E-state index contributed by atoms with van der Waals surface area (Å²) in [7, 11) is 0.